The van der Waals surface area contributed by atoms with Gasteiger partial charge < -0.3 is 20.7 Å². The average Bonchev–Trinajstić information content (AvgIpc) is 2.80. The van der Waals surface area contributed by atoms with E-state index < -0.39 is 28.1 Å². The minimum Gasteiger partial charge on any atom is -0.545 e. The molecule has 3 N–H and O–H groups in total. The number of carboxylic acid groups (broad SMARTS) is 2. The van der Waals surface area contributed by atoms with Crippen LogP contribution in [0.1, 0.15) is 20.7 Å². The second-order valence-electron chi connectivity index (χ2n) is 3.95. The molecule has 0 bridgehead atoms. The molecule has 0 aliphatic heterocycles. The Morgan fingerprint density at radius 1 is 1.27 bits per heavy atom. The first-order chi connectivity index (χ1) is 9.81. The van der Waals surface area contributed by atoms with Gasteiger partial charge in [0.25, 0.3) is 0 Å². The second-order valence-corrected chi connectivity index (χ2v) is 3.95. The largest absolute Gasteiger partial charge is 1.00 e. The van der Waals surface area contributed by atoms with E-state index in [1.807, 2.05) is 0 Å². The third kappa shape index (κ3) is 3.08. The van der Waals surface area contributed by atoms with Gasteiger partial charge in [-0.25, -0.2) is 9.48 Å². The van der Waals surface area contributed by atoms with E-state index in [0.717, 1.165) is 29.1 Å². The number of aromatic carboxylic acids is 2. The molecule has 0 aliphatic rings. The maximum atomic E-state index is 11.0. The molecule has 10 nitrogen and oxygen atoms in total. The number of nitrogen functional groups attached to an aromatic ring is 1. The molecule has 22 heavy (non-hydrogen) atoms. The van der Waals surface area contributed by atoms with Crippen molar-refractivity contribution in [1.82, 2.24) is 9.78 Å². The third-order valence-corrected chi connectivity index (χ3v) is 2.63. The van der Waals surface area contributed by atoms with Gasteiger partial charge in [0, 0.05) is 5.56 Å². The number of anilines is 1. The molecule has 1 aromatic heterocycles. The Morgan fingerprint density at radius 2 is 1.86 bits per heavy atom. The van der Waals surface area contributed by atoms with Gasteiger partial charge in [-0.3, -0.25) is 10.1 Å². The first kappa shape index (κ1) is 17.2. The molecule has 0 radical (unpaired) electrons. The molecule has 0 fully saturated rings. The van der Waals surface area contributed by atoms with Gasteiger partial charge in [-0.1, -0.05) is 0 Å². The zero-order valence-corrected chi connectivity index (χ0v) is 11.2. The number of nitro groups is 1. The molecule has 0 spiro atoms. The average molecular weight is 298 g/mol. The molecule has 11 heteroatoms. The molecule has 0 unspecified atom stereocenters. The van der Waals surface area contributed by atoms with Crippen LogP contribution in [0.4, 0.5) is 11.5 Å². The predicted octanol–water partition coefficient (Wildman–Crippen LogP) is -3.57. The topological polar surface area (TPSA) is 164 Å². The van der Waals surface area contributed by atoms with Crippen LogP contribution >= 0.6 is 0 Å². The Labute approximate surface area is 134 Å². The maximum absolute atomic E-state index is 11.0. The van der Waals surface area contributed by atoms with Crippen LogP contribution in [0.15, 0.2) is 24.4 Å². The zero-order valence-electron chi connectivity index (χ0n) is 11.2. The molecule has 0 amide bonds. The number of carbonyl (C=O) groups excluding carboxylic acids is 1. The Kier molecular flexibility index (Phi) is 4.93. The Bertz CT molecular complexity index is 740. The Morgan fingerprint density at radius 3 is 2.32 bits per heavy atom. The number of hydrogen-bond acceptors (Lipinski definition) is 7. The normalized spacial score (nSPS) is 9.82. The summed E-state index contributed by atoms with van der Waals surface area (Å²) in [6.45, 7) is 0. The minimum absolute atomic E-state index is 0. The summed E-state index contributed by atoms with van der Waals surface area (Å²) in [6, 6.07) is 3.03. The predicted molar refractivity (Wildman–Crippen MR) is 65.9 cm³/mol. The van der Waals surface area contributed by atoms with Crippen molar-refractivity contribution in [1.29, 1.82) is 0 Å². The molecule has 2 aromatic rings. The van der Waals surface area contributed by atoms with Crippen LogP contribution in [0.5, 0.6) is 0 Å². The summed E-state index contributed by atoms with van der Waals surface area (Å²) >= 11 is 0. The van der Waals surface area contributed by atoms with E-state index in [1.165, 1.54) is 0 Å². The number of carboxylic acids is 2. The van der Waals surface area contributed by atoms with E-state index in [9.17, 15) is 24.8 Å². The van der Waals surface area contributed by atoms with Crippen LogP contribution in [0.3, 0.4) is 0 Å². The molecule has 1 heterocycles. The van der Waals surface area contributed by atoms with Crippen molar-refractivity contribution in [2.24, 2.45) is 0 Å². The SMILES string of the molecule is Nc1c([N+](=O)[O-])cnn1-c1cc(C(=O)[O-])cc(C(=O)O)c1.[Li+]. The molecular formula is C11H7LiN4O6. The molecule has 0 atom stereocenters. The molecule has 0 aliphatic carbocycles. The molecule has 108 valence electrons. The van der Waals surface area contributed by atoms with Crippen molar-refractivity contribution < 1.29 is 43.6 Å². The van der Waals surface area contributed by atoms with E-state index in [4.69, 9.17) is 10.8 Å². The van der Waals surface area contributed by atoms with Gasteiger partial charge in [0.15, 0.2) is 0 Å². The quantitative estimate of drug-likeness (QED) is 0.332. The van der Waals surface area contributed by atoms with Gasteiger partial charge in [0.05, 0.1) is 22.1 Å². The summed E-state index contributed by atoms with van der Waals surface area (Å²) in [5, 5.41) is 34.2. The van der Waals surface area contributed by atoms with Crippen molar-refractivity contribution in [2.75, 3.05) is 5.73 Å². The molecule has 2 rings (SSSR count). The number of hydrogen-bond donors (Lipinski definition) is 2. The zero-order chi connectivity index (χ0) is 15.7. The number of aromatic nitrogens is 2. The van der Waals surface area contributed by atoms with Crippen LogP contribution in [-0.2, 0) is 0 Å². The maximum Gasteiger partial charge on any atom is 1.00 e. The van der Waals surface area contributed by atoms with Crippen LogP contribution in [0.25, 0.3) is 5.69 Å². The fourth-order valence-electron chi connectivity index (χ4n) is 1.67. The third-order valence-electron chi connectivity index (χ3n) is 2.63. The van der Waals surface area contributed by atoms with Crippen molar-refractivity contribution in [3.05, 3.63) is 45.6 Å². The van der Waals surface area contributed by atoms with Gasteiger partial charge in [0.2, 0.25) is 5.82 Å². The van der Waals surface area contributed by atoms with Crippen LogP contribution < -0.4 is 29.7 Å². The van der Waals surface area contributed by atoms with Gasteiger partial charge in [-0.15, -0.1) is 0 Å². The molecule has 1 aromatic carbocycles. The van der Waals surface area contributed by atoms with Crippen molar-refractivity contribution >= 4 is 23.4 Å². The number of nitrogens with zero attached hydrogens (tertiary/aromatic N) is 3. The molecule has 0 saturated carbocycles. The van der Waals surface area contributed by atoms with Gasteiger partial charge >= 0.3 is 30.5 Å². The van der Waals surface area contributed by atoms with Gasteiger partial charge in [-0.05, 0) is 18.2 Å². The summed E-state index contributed by atoms with van der Waals surface area (Å²) in [7, 11) is 0. The van der Waals surface area contributed by atoms with Gasteiger partial charge in [0.1, 0.15) is 6.20 Å². The number of nitrogens with two attached hydrogens (primary N) is 1. The van der Waals surface area contributed by atoms with Crippen molar-refractivity contribution in [3.8, 4) is 5.69 Å². The summed E-state index contributed by atoms with van der Waals surface area (Å²) in [6.07, 6.45) is 0.876. The van der Waals surface area contributed by atoms with Crippen LogP contribution in [-0.4, -0.2) is 31.7 Å². The first-order valence-corrected chi connectivity index (χ1v) is 5.39. The monoisotopic (exact) mass is 298 g/mol. The fraction of sp³-hybridized carbons (Fsp3) is 0. The second kappa shape index (κ2) is 6.29. The summed E-state index contributed by atoms with van der Waals surface area (Å²) in [5.41, 5.74) is 4.26. The van der Waals surface area contributed by atoms with E-state index in [1.54, 1.807) is 0 Å². The summed E-state index contributed by atoms with van der Waals surface area (Å²) < 4.78 is 0.872. The smallest absolute Gasteiger partial charge is 0.545 e. The van der Waals surface area contributed by atoms with E-state index >= 15 is 0 Å². The van der Waals surface area contributed by atoms with E-state index in [0.29, 0.717) is 0 Å². The number of benzene rings is 1. The summed E-state index contributed by atoms with van der Waals surface area (Å²) in [4.78, 5) is 31.8. The van der Waals surface area contributed by atoms with Crippen LogP contribution in [0, 0.1) is 10.1 Å². The number of carbonyl (C=O) groups is 2. The molecular weight excluding hydrogens is 291 g/mol. The van der Waals surface area contributed by atoms with Gasteiger partial charge in [-0.2, -0.15) is 5.10 Å². The standard InChI is InChI=1S/C11H8N4O6.Li/c12-9-8(15(20)21)4-13-14(9)7-2-5(10(16)17)1-6(3-7)11(18)19;/h1-4H,12H2,(H,16,17)(H,18,19);/q;+1/p-1. The minimum atomic E-state index is -1.60. The number of rotatable bonds is 4. The first-order valence-electron chi connectivity index (χ1n) is 5.39. The van der Waals surface area contributed by atoms with Crippen LogP contribution in [0.2, 0.25) is 0 Å². The fourth-order valence-corrected chi connectivity index (χ4v) is 1.67. The Hall–Kier alpha value is -2.83. The van der Waals surface area contributed by atoms with Crippen molar-refractivity contribution in [3.63, 3.8) is 0 Å². The molecule has 0 saturated heterocycles. The van der Waals surface area contributed by atoms with E-state index in [-0.39, 0.29) is 35.9 Å². The van der Waals surface area contributed by atoms with E-state index in [2.05, 4.69) is 5.10 Å². The Balaban J connectivity index is 0.00000242. The summed E-state index contributed by atoms with van der Waals surface area (Å²) in [5.74, 6) is -3.33. The van der Waals surface area contributed by atoms with Crippen molar-refractivity contribution in [2.45, 2.75) is 0 Å².